The first-order valence-corrected chi connectivity index (χ1v) is 8.90. The fraction of sp³-hybridized carbons (Fsp3) is 0.500. The molecule has 25 heavy (non-hydrogen) atoms. The molecular weight excluding hydrogens is 318 g/mol. The highest BCUT2D eigenvalue weighted by atomic mass is 16.5. The minimum atomic E-state index is -0.171. The molecule has 1 heterocycles. The number of nitrogens with zero attached hydrogens (tertiary/aromatic N) is 1. The molecular formula is C20H27NO4. The molecule has 0 unspecified atom stereocenters. The second kappa shape index (κ2) is 8.52. The summed E-state index contributed by atoms with van der Waals surface area (Å²) in [6, 6.07) is 11.8. The Hall–Kier alpha value is -1.82. The molecule has 3 rings (SSSR count). The second-order valence-electron chi connectivity index (χ2n) is 6.84. The number of hydrogen-bond acceptors (Lipinski definition) is 5. The van der Waals surface area contributed by atoms with E-state index in [1.54, 1.807) is 13.2 Å². The van der Waals surface area contributed by atoms with E-state index in [4.69, 9.17) is 9.15 Å². The van der Waals surface area contributed by atoms with Gasteiger partial charge in [-0.25, -0.2) is 0 Å². The van der Waals surface area contributed by atoms with Gasteiger partial charge in [0.1, 0.15) is 23.9 Å². The Labute approximate surface area is 148 Å². The molecule has 0 atom stereocenters. The van der Waals surface area contributed by atoms with Crippen LogP contribution in [0.2, 0.25) is 0 Å². The normalized spacial score (nSPS) is 20.9. The molecule has 2 aromatic rings. The summed E-state index contributed by atoms with van der Waals surface area (Å²) in [6.07, 6.45) is 3.47. The van der Waals surface area contributed by atoms with Crippen molar-refractivity contribution >= 4 is 0 Å². The predicted molar refractivity (Wildman–Crippen MR) is 95.0 cm³/mol. The molecule has 0 aliphatic heterocycles. The van der Waals surface area contributed by atoms with Crippen LogP contribution in [0.4, 0.5) is 0 Å². The average molecular weight is 345 g/mol. The number of hydrogen-bond donors (Lipinski definition) is 2. The number of aliphatic hydroxyl groups is 1. The highest BCUT2D eigenvalue weighted by molar-refractivity contribution is 5.27. The van der Waals surface area contributed by atoms with E-state index < -0.39 is 0 Å². The first-order valence-electron chi connectivity index (χ1n) is 8.90. The molecule has 2 N–H and O–H groups in total. The van der Waals surface area contributed by atoms with Crippen LogP contribution in [0.15, 0.2) is 40.8 Å². The summed E-state index contributed by atoms with van der Waals surface area (Å²) < 4.78 is 11.0. The third-order valence-corrected chi connectivity index (χ3v) is 4.84. The van der Waals surface area contributed by atoms with Gasteiger partial charge < -0.3 is 19.4 Å². The van der Waals surface area contributed by atoms with Gasteiger partial charge >= 0.3 is 0 Å². The maximum Gasteiger partial charge on any atom is 0.129 e. The van der Waals surface area contributed by atoms with E-state index in [1.165, 1.54) is 0 Å². The standard InChI is InChI=1S/C20H27NO4/c1-24-14-20-10-9-19(25-20)13-21(16-5-7-17(22)8-6-16)12-15-3-2-4-18(23)11-15/h2-4,9-11,16-17,22-23H,5-8,12-14H2,1H3. The zero-order valence-corrected chi connectivity index (χ0v) is 14.7. The van der Waals surface area contributed by atoms with Crippen molar-refractivity contribution in [2.24, 2.45) is 0 Å². The molecule has 0 bridgehead atoms. The van der Waals surface area contributed by atoms with Crippen molar-refractivity contribution in [3.05, 3.63) is 53.5 Å². The van der Waals surface area contributed by atoms with Gasteiger partial charge in [-0.1, -0.05) is 12.1 Å². The number of aromatic hydroxyl groups is 1. The van der Waals surface area contributed by atoms with E-state index in [9.17, 15) is 10.2 Å². The van der Waals surface area contributed by atoms with E-state index in [2.05, 4.69) is 4.90 Å². The number of benzene rings is 1. The Bertz CT molecular complexity index is 661. The third-order valence-electron chi connectivity index (χ3n) is 4.84. The average Bonchev–Trinajstić information content (AvgIpc) is 3.03. The topological polar surface area (TPSA) is 66.1 Å². The SMILES string of the molecule is COCc1ccc(CN(Cc2cccc(O)c2)C2CCC(O)CC2)o1. The minimum Gasteiger partial charge on any atom is -0.508 e. The van der Waals surface area contributed by atoms with Crippen molar-refractivity contribution in [2.75, 3.05) is 7.11 Å². The van der Waals surface area contributed by atoms with Crippen molar-refractivity contribution in [3.63, 3.8) is 0 Å². The van der Waals surface area contributed by atoms with Gasteiger partial charge in [-0.3, -0.25) is 4.90 Å². The van der Waals surface area contributed by atoms with Gasteiger partial charge in [-0.15, -0.1) is 0 Å². The summed E-state index contributed by atoms with van der Waals surface area (Å²) in [5.74, 6) is 2.03. The molecule has 0 saturated heterocycles. The van der Waals surface area contributed by atoms with Gasteiger partial charge in [0.25, 0.3) is 0 Å². The maximum absolute atomic E-state index is 9.80. The van der Waals surface area contributed by atoms with E-state index in [0.29, 0.717) is 19.2 Å². The van der Waals surface area contributed by atoms with Crippen LogP contribution in [-0.2, 0) is 24.4 Å². The lowest BCUT2D eigenvalue weighted by Gasteiger charge is -2.35. The summed E-state index contributed by atoms with van der Waals surface area (Å²) in [7, 11) is 1.66. The van der Waals surface area contributed by atoms with Crippen molar-refractivity contribution in [1.82, 2.24) is 4.90 Å². The lowest BCUT2D eigenvalue weighted by Crippen LogP contribution is -2.38. The fourth-order valence-corrected chi connectivity index (χ4v) is 3.55. The molecule has 5 nitrogen and oxygen atoms in total. The molecule has 1 aromatic carbocycles. The zero-order chi connectivity index (χ0) is 17.6. The minimum absolute atomic E-state index is 0.171. The van der Waals surface area contributed by atoms with Crippen molar-refractivity contribution in [2.45, 2.75) is 57.5 Å². The zero-order valence-electron chi connectivity index (χ0n) is 14.7. The number of methoxy groups -OCH3 is 1. The lowest BCUT2D eigenvalue weighted by atomic mass is 9.91. The first kappa shape index (κ1) is 18.0. The van der Waals surface area contributed by atoms with Gasteiger partial charge in [-0.2, -0.15) is 0 Å². The Morgan fingerprint density at radius 2 is 1.84 bits per heavy atom. The third kappa shape index (κ3) is 5.08. The van der Waals surface area contributed by atoms with Gasteiger partial charge in [0.05, 0.1) is 12.6 Å². The second-order valence-corrected chi connectivity index (χ2v) is 6.84. The van der Waals surface area contributed by atoms with Gasteiger partial charge in [0.2, 0.25) is 0 Å². The summed E-state index contributed by atoms with van der Waals surface area (Å²) in [4.78, 5) is 2.38. The van der Waals surface area contributed by atoms with Crippen LogP contribution in [0.25, 0.3) is 0 Å². The van der Waals surface area contributed by atoms with Gasteiger partial charge in [0.15, 0.2) is 0 Å². The Morgan fingerprint density at radius 3 is 2.56 bits per heavy atom. The van der Waals surface area contributed by atoms with E-state index >= 15 is 0 Å². The lowest BCUT2D eigenvalue weighted by molar-refractivity contribution is 0.0625. The highest BCUT2D eigenvalue weighted by Gasteiger charge is 2.26. The Kier molecular flexibility index (Phi) is 6.13. The van der Waals surface area contributed by atoms with E-state index in [0.717, 1.165) is 49.3 Å². The molecule has 1 aliphatic rings. The molecule has 1 fully saturated rings. The number of ether oxygens (including phenoxy) is 1. The van der Waals surface area contributed by atoms with Crippen LogP contribution in [0.1, 0.15) is 42.8 Å². The maximum atomic E-state index is 9.80. The molecule has 0 spiro atoms. The number of furan rings is 1. The summed E-state index contributed by atoms with van der Waals surface area (Å²) >= 11 is 0. The van der Waals surface area contributed by atoms with Crippen LogP contribution in [0.5, 0.6) is 5.75 Å². The summed E-state index contributed by atoms with van der Waals surface area (Å²) in [5, 5.41) is 19.5. The van der Waals surface area contributed by atoms with E-state index in [1.807, 2.05) is 30.3 Å². The molecule has 0 radical (unpaired) electrons. The molecule has 136 valence electrons. The predicted octanol–water partition coefficient (Wildman–Crippen LogP) is 3.44. The van der Waals surface area contributed by atoms with Crippen molar-refractivity contribution < 1.29 is 19.4 Å². The molecule has 1 aliphatic carbocycles. The Morgan fingerprint density at radius 1 is 1.08 bits per heavy atom. The van der Waals surface area contributed by atoms with Crippen LogP contribution >= 0.6 is 0 Å². The quantitative estimate of drug-likeness (QED) is 0.805. The Balaban J connectivity index is 1.73. The van der Waals surface area contributed by atoms with Crippen molar-refractivity contribution in [3.8, 4) is 5.75 Å². The number of phenols is 1. The largest absolute Gasteiger partial charge is 0.508 e. The van der Waals surface area contributed by atoms with Gasteiger partial charge in [-0.05, 0) is 55.5 Å². The monoisotopic (exact) mass is 345 g/mol. The van der Waals surface area contributed by atoms with E-state index in [-0.39, 0.29) is 11.9 Å². The van der Waals surface area contributed by atoms with Crippen LogP contribution < -0.4 is 0 Å². The molecule has 5 heteroatoms. The number of rotatable bonds is 7. The molecule has 1 aromatic heterocycles. The summed E-state index contributed by atoms with van der Waals surface area (Å²) in [5.41, 5.74) is 1.08. The smallest absolute Gasteiger partial charge is 0.129 e. The van der Waals surface area contributed by atoms with Crippen LogP contribution in [0, 0.1) is 0 Å². The number of aliphatic hydroxyl groups excluding tert-OH is 1. The van der Waals surface area contributed by atoms with Gasteiger partial charge in [0, 0.05) is 19.7 Å². The first-order chi connectivity index (χ1) is 12.1. The number of phenolic OH excluding ortho intramolecular Hbond substituents is 1. The van der Waals surface area contributed by atoms with Crippen molar-refractivity contribution in [1.29, 1.82) is 0 Å². The highest BCUT2D eigenvalue weighted by Crippen LogP contribution is 2.27. The van der Waals surface area contributed by atoms with Crippen LogP contribution in [-0.4, -0.2) is 34.4 Å². The fourth-order valence-electron chi connectivity index (χ4n) is 3.55. The molecule has 1 saturated carbocycles. The molecule has 0 amide bonds. The van der Waals surface area contributed by atoms with Crippen LogP contribution in [0.3, 0.4) is 0 Å². The summed E-state index contributed by atoms with van der Waals surface area (Å²) in [6.45, 7) is 1.93.